The number of aromatic nitrogens is 2. The van der Waals surface area contributed by atoms with E-state index in [2.05, 4.69) is 18.9 Å². The number of aryl methyl sites for hydroxylation is 2. The molecular formula is C14H26N2O. The predicted octanol–water partition coefficient (Wildman–Crippen LogP) is 3.38. The van der Waals surface area contributed by atoms with E-state index in [1.54, 1.807) is 0 Å². The Kier molecular flexibility index (Phi) is 6.27. The van der Waals surface area contributed by atoms with E-state index < -0.39 is 0 Å². The van der Waals surface area contributed by atoms with Gasteiger partial charge in [-0.1, -0.05) is 46.0 Å². The van der Waals surface area contributed by atoms with E-state index in [-0.39, 0.29) is 6.10 Å². The standard InChI is InChI=1S/C14H26N2O/c1-4-6-7-8-9-10-14(17)13-11-12(5-2)15-16(13)3/h11,14,17H,4-10H2,1-3H3. The normalized spacial score (nSPS) is 12.9. The molecule has 1 atom stereocenters. The number of nitrogens with zero attached hydrogens (tertiary/aromatic N) is 2. The van der Waals surface area contributed by atoms with Crippen LogP contribution in [0.3, 0.4) is 0 Å². The Morgan fingerprint density at radius 2 is 1.94 bits per heavy atom. The topological polar surface area (TPSA) is 38.1 Å². The summed E-state index contributed by atoms with van der Waals surface area (Å²) >= 11 is 0. The summed E-state index contributed by atoms with van der Waals surface area (Å²) in [6, 6.07) is 2.02. The molecule has 1 N–H and O–H groups in total. The fourth-order valence-corrected chi connectivity index (χ4v) is 2.12. The molecule has 1 heterocycles. The van der Waals surface area contributed by atoms with Crippen LogP contribution in [0.5, 0.6) is 0 Å². The van der Waals surface area contributed by atoms with Gasteiger partial charge in [-0.05, 0) is 18.9 Å². The van der Waals surface area contributed by atoms with Crippen molar-refractivity contribution in [2.24, 2.45) is 7.05 Å². The first-order valence-corrected chi connectivity index (χ1v) is 6.89. The molecule has 0 spiro atoms. The summed E-state index contributed by atoms with van der Waals surface area (Å²) < 4.78 is 1.82. The van der Waals surface area contributed by atoms with Crippen LogP contribution in [0.1, 0.15) is 69.9 Å². The molecule has 0 bridgehead atoms. The molecule has 3 nitrogen and oxygen atoms in total. The quantitative estimate of drug-likeness (QED) is 0.705. The zero-order valence-electron chi connectivity index (χ0n) is 11.4. The van der Waals surface area contributed by atoms with Gasteiger partial charge in [0.25, 0.3) is 0 Å². The molecule has 0 saturated heterocycles. The minimum absolute atomic E-state index is 0.352. The molecule has 1 aromatic rings. The molecule has 1 unspecified atom stereocenters. The molecule has 0 amide bonds. The maximum atomic E-state index is 10.1. The second-order valence-electron chi connectivity index (χ2n) is 4.76. The monoisotopic (exact) mass is 238 g/mol. The molecule has 0 aliphatic rings. The van der Waals surface area contributed by atoms with Gasteiger partial charge in [-0.25, -0.2) is 0 Å². The number of hydrogen-bond donors (Lipinski definition) is 1. The predicted molar refractivity (Wildman–Crippen MR) is 70.9 cm³/mol. The van der Waals surface area contributed by atoms with Crippen LogP contribution in [-0.4, -0.2) is 14.9 Å². The number of rotatable bonds is 8. The van der Waals surface area contributed by atoms with Crippen LogP contribution in [0.15, 0.2) is 6.07 Å². The van der Waals surface area contributed by atoms with Gasteiger partial charge in [0.15, 0.2) is 0 Å². The summed E-state index contributed by atoms with van der Waals surface area (Å²) in [6.45, 7) is 4.31. The highest BCUT2D eigenvalue weighted by Gasteiger charge is 2.13. The summed E-state index contributed by atoms with van der Waals surface area (Å²) in [5.74, 6) is 0. The highest BCUT2D eigenvalue weighted by molar-refractivity contribution is 5.12. The molecule has 0 fully saturated rings. The van der Waals surface area contributed by atoms with Gasteiger partial charge in [-0.2, -0.15) is 5.10 Å². The van der Waals surface area contributed by atoms with Crippen molar-refractivity contribution in [3.05, 3.63) is 17.5 Å². The summed E-state index contributed by atoms with van der Waals surface area (Å²) in [5, 5.41) is 14.5. The third-order valence-electron chi connectivity index (χ3n) is 3.25. The van der Waals surface area contributed by atoms with Gasteiger partial charge in [0.2, 0.25) is 0 Å². The summed E-state index contributed by atoms with van der Waals surface area (Å²) in [4.78, 5) is 0. The van der Waals surface area contributed by atoms with Crippen molar-refractivity contribution >= 4 is 0 Å². The van der Waals surface area contributed by atoms with Gasteiger partial charge in [0, 0.05) is 7.05 Å². The van der Waals surface area contributed by atoms with E-state index in [1.165, 1.54) is 25.7 Å². The maximum Gasteiger partial charge on any atom is 0.0956 e. The highest BCUT2D eigenvalue weighted by Crippen LogP contribution is 2.20. The fourth-order valence-electron chi connectivity index (χ4n) is 2.12. The van der Waals surface area contributed by atoms with Crippen molar-refractivity contribution in [2.75, 3.05) is 0 Å². The minimum atomic E-state index is -0.352. The molecule has 0 aliphatic carbocycles. The van der Waals surface area contributed by atoms with Gasteiger partial charge in [0.1, 0.15) is 0 Å². The van der Waals surface area contributed by atoms with E-state index in [0.717, 1.165) is 30.7 Å². The molecule has 17 heavy (non-hydrogen) atoms. The van der Waals surface area contributed by atoms with Crippen LogP contribution in [-0.2, 0) is 13.5 Å². The summed E-state index contributed by atoms with van der Waals surface area (Å²) in [6.07, 6.45) is 7.62. The first-order chi connectivity index (χ1) is 8.19. The second kappa shape index (κ2) is 7.49. The molecule has 98 valence electrons. The Balaban J connectivity index is 2.35. The lowest BCUT2D eigenvalue weighted by molar-refractivity contribution is 0.154. The number of aliphatic hydroxyl groups is 1. The van der Waals surface area contributed by atoms with Crippen LogP contribution in [0, 0.1) is 0 Å². The van der Waals surface area contributed by atoms with Gasteiger partial charge in [0.05, 0.1) is 17.5 Å². The third kappa shape index (κ3) is 4.50. The SMILES string of the molecule is CCCCCCCC(O)c1cc(CC)nn1C. The Hall–Kier alpha value is -0.830. The van der Waals surface area contributed by atoms with Crippen LogP contribution >= 0.6 is 0 Å². The van der Waals surface area contributed by atoms with Gasteiger partial charge < -0.3 is 5.11 Å². The van der Waals surface area contributed by atoms with Crippen molar-refractivity contribution in [2.45, 2.75) is 64.9 Å². The number of hydrogen-bond acceptors (Lipinski definition) is 2. The summed E-state index contributed by atoms with van der Waals surface area (Å²) in [7, 11) is 1.91. The molecule has 0 aliphatic heterocycles. The van der Waals surface area contributed by atoms with Gasteiger partial charge >= 0.3 is 0 Å². The zero-order chi connectivity index (χ0) is 12.7. The second-order valence-corrected chi connectivity index (χ2v) is 4.76. The first kappa shape index (κ1) is 14.2. The van der Waals surface area contributed by atoms with Crippen LogP contribution < -0.4 is 0 Å². The Bertz CT molecular complexity index is 320. The van der Waals surface area contributed by atoms with Crippen molar-refractivity contribution in [3.8, 4) is 0 Å². The lowest BCUT2D eigenvalue weighted by atomic mass is 10.1. The number of unbranched alkanes of at least 4 members (excludes halogenated alkanes) is 4. The van der Waals surface area contributed by atoms with Crippen LogP contribution in [0.4, 0.5) is 0 Å². The van der Waals surface area contributed by atoms with E-state index in [1.807, 2.05) is 17.8 Å². The van der Waals surface area contributed by atoms with E-state index in [9.17, 15) is 5.11 Å². The van der Waals surface area contributed by atoms with Gasteiger partial charge in [-0.15, -0.1) is 0 Å². The van der Waals surface area contributed by atoms with Crippen molar-refractivity contribution in [3.63, 3.8) is 0 Å². The van der Waals surface area contributed by atoms with Crippen molar-refractivity contribution < 1.29 is 5.11 Å². The molecule has 0 radical (unpaired) electrons. The Morgan fingerprint density at radius 1 is 1.24 bits per heavy atom. The van der Waals surface area contributed by atoms with Gasteiger partial charge in [-0.3, -0.25) is 4.68 Å². The largest absolute Gasteiger partial charge is 0.387 e. The zero-order valence-corrected chi connectivity index (χ0v) is 11.4. The molecule has 1 aromatic heterocycles. The Labute approximate surface area is 105 Å². The minimum Gasteiger partial charge on any atom is -0.387 e. The highest BCUT2D eigenvalue weighted by atomic mass is 16.3. The lowest BCUT2D eigenvalue weighted by Crippen LogP contribution is -2.05. The molecule has 1 rings (SSSR count). The molecule has 3 heteroatoms. The van der Waals surface area contributed by atoms with E-state index in [4.69, 9.17) is 0 Å². The van der Waals surface area contributed by atoms with Crippen molar-refractivity contribution in [1.82, 2.24) is 9.78 Å². The lowest BCUT2D eigenvalue weighted by Gasteiger charge is -2.10. The number of aliphatic hydroxyl groups excluding tert-OH is 1. The van der Waals surface area contributed by atoms with E-state index in [0.29, 0.717) is 0 Å². The van der Waals surface area contributed by atoms with Crippen LogP contribution in [0.2, 0.25) is 0 Å². The Morgan fingerprint density at radius 3 is 2.53 bits per heavy atom. The molecule has 0 saturated carbocycles. The smallest absolute Gasteiger partial charge is 0.0956 e. The molecule has 0 aromatic carbocycles. The molecular weight excluding hydrogens is 212 g/mol. The average Bonchev–Trinajstić information content (AvgIpc) is 2.70. The average molecular weight is 238 g/mol. The van der Waals surface area contributed by atoms with Crippen LogP contribution in [0.25, 0.3) is 0 Å². The summed E-state index contributed by atoms with van der Waals surface area (Å²) in [5.41, 5.74) is 2.02. The fraction of sp³-hybridized carbons (Fsp3) is 0.786. The van der Waals surface area contributed by atoms with E-state index >= 15 is 0 Å². The third-order valence-corrected chi connectivity index (χ3v) is 3.25. The van der Waals surface area contributed by atoms with Crippen molar-refractivity contribution in [1.29, 1.82) is 0 Å². The maximum absolute atomic E-state index is 10.1. The first-order valence-electron chi connectivity index (χ1n) is 6.89.